The summed E-state index contributed by atoms with van der Waals surface area (Å²) in [5.74, 6) is 1.56. The number of hydrogen-bond acceptors (Lipinski definition) is 4. The molecule has 0 atom stereocenters. The summed E-state index contributed by atoms with van der Waals surface area (Å²) in [7, 11) is 0. The third-order valence-electron chi connectivity index (χ3n) is 9.90. The van der Waals surface area contributed by atoms with E-state index < -0.39 is 60.4 Å². The zero-order chi connectivity index (χ0) is 47.2. The van der Waals surface area contributed by atoms with Crippen LogP contribution in [0.4, 0.5) is 11.5 Å². The standard InChI is InChI=1S/C48H35BN6O.Pt/c1-3-49-54(47-30-34(2)26-28-50-47)46-32-39(24-25-42(46)43-27-29-51-55(43)49)56-38-19-12-18-37(31-38)52-33-53(45-23-11-10-22-44(45)52)48-40(35-14-6-4-7-15-35)20-13-21-41(48)36-16-8-5-9-17-36;/h4-30H,3H2,1-2H3;/q-2;/i4D,5D,6D,7D,8D,9D,14D,15D,16D,17D;. The molecule has 57 heavy (non-hydrogen) atoms. The van der Waals surface area contributed by atoms with Gasteiger partial charge in [-0.15, -0.1) is 0 Å². The molecule has 9 aromatic rings. The van der Waals surface area contributed by atoms with Crippen molar-refractivity contribution in [2.75, 3.05) is 4.81 Å². The topological polar surface area (TPSA) is 53.0 Å². The van der Waals surface area contributed by atoms with Crippen LogP contribution in [0, 0.1) is 22.9 Å². The molecule has 0 fully saturated rings. The second-order valence-electron chi connectivity index (χ2n) is 13.3. The van der Waals surface area contributed by atoms with Crippen molar-refractivity contribution < 1.29 is 37.8 Å². The second-order valence-corrected chi connectivity index (χ2v) is 14.3. The predicted molar refractivity (Wildman–Crippen MR) is 225 cm³/mol. The number of ether oxygens (including phenoxy) is 1. The predicted octanol–water partition coefficient (Wildman–Crippen LogP) is 11.3. The fourth-order valence-electron chi connectivity index (χ4n) is 7.47. The van der Waals surface area contributed by atoms with Crippen molar-refractivity contribution in [2.24, 2.45) is 0 Å². The first kappa shape index (κ1) is 25.6. The van der Waals surface area contributed by atoms with Gasteiger partial charge in [-0.1, -0.05) is 6.92 Å². The second kappa shape index (κ2) is 14.5. The van der Waals surface area contributed by atoms with Gasteiger partial charge in [-0.05, 0) is 18.6 Å². The number of benzene rings is 6. The first-order valence-electron chi connectivity index (χ1n) is 23.2. The summed E-state index contributed by atoms with van der Waals surface area (Å²) in [6, 6.07) is 29.4. The quantitative estimate of drug-likeness (QED) is 0.113. The summed E-state index contributed by atoms with van der Waals surface area (Å²) < 4.78 is 100.0. The molecular formula is C48H35BN6OPt-2. The number of rotatable bonds is 8. The van der Waals surface area contributed by atoms with E-state index in [1.54, 1.807) is 36.7 Å². The van der Waals surface area contributed by atoms with Crippen LogP contribution in [0.5, 0.6) is 11.5 Å². The monoisotopic (exact) mass is 927 g/mol. The average molecular weight is 928 g/mol. The van der Waals surface area contributed by atoms with Crippen LogP contribution in [-0.2, 0) is 19.4 Å². The van der Waals surface area contributed by atoms with E-state index in [0.29, 0.717) is 32.0 Å². The van der Waals surface area contributed by atoms with Crippen LogP contribution in [0.15, 0.2) is 164 Å². The third kappa shape index (κ3) is 6.08. The van der Waals surface area contributed by atoms with Crippen LogP contribution in [-0.4, -0.2) is 30.8 Å². The average Bonchev–Trinajstić information content (AvgIpc) is 3.94. The number of fused-ring (bicyclic) bond motifs is 4. The molecule has 6 aromatic carbocycles. The van der Waals surface area contributed by atoms with Crippen molar-refractivity contribution in [2.45, 2.75) is 20.2 Å². The van der Waals surface area contributed by atoms with Crippen LogP contribution in [0.3, 0.4) is 0 Å². The van der Waals surface area contributed by atoms with Gasteiger partial charge in [0.25, 0.3) is 0 Å². The number of hydrogen-bond donors (Lipinski definition) is 0. The van der Waals surface area contributed by atoms with Crippen LogP contribution in [0.2, 0.25) is 6.32 Å². The van der Waals surface area contributed by atoms with E-state index in [4.69, 9.17) is 23.4 Å². The molecule has 278 valence electrons. The van der Waals surface area contributed by atoms with Gasteiger partial charge < -0.3 is 0 Å². The van der Waals surface area contributed by atoms with Gasteiger partial charge in [0.15, 0.2) is 0 Å². The first-order chi connectivity index (χ1) is 32.2. The summed E-state index contributed by atoms with van der Waals surface area (Å²) >= 11 is 2.14. The molecule has 0 radical (unpaired) electrons. The normalized spacial score (nSPS) is 14.6. The van der Waals surface area contributed by atoms with Gasteiger partial charge in [-0.2, -0.15) is 5.10 Å². The molecule has 10 rings (SSSR count). The third-order valence-corrected chi connectivity index (χ3v) is 10.9. The van der Waals surface area contributed by atoms with Crippen molar-refractivity contribution in [1.29, 1.82) is 0 Å². The van der Waals surface area contributed by atoms with E-state index in [2.05, 4.69) is 48.3 Å². The minimum absolute atomic E-state index is 0.120. The molecule has 0 saturated heterocycles. The summed E-state index contributed by atoms with van der Waals surface area (Å²) in [6.45, 7) is 3.96. The Labute approximate surface area is 356 Å². The number of imidazole rings is 1. The molecular weight excluding hydrogens is 882 g/mol. The van der Waals surface area contributed by atoms with E-state index in [0.717, 1.165) is 34.6 Å². The minimum atomic E-state index is -0.565. The number of pyridine rings is 1. The first-order valence-corrected chi connectivity index (χ1v) is 19.3. The van der Waals surface area contributed by atoms with Crippen molar-refractivity contribution in [3.05, 3.63) is 185 Å². The molecule has 0 spiro atoms. The Morgan fingerprint density at radius 3 is 2.11 bits per heavy atom. The zero-order valence-electron chi connectivity index (χ0n) is 40.5. The number of nitrogens with zero attached hydrogens (tertiary/aromatic N) is 6. The maximum atomic E-state index is 9.04. The molecule has 0 unspecified atom stereocenters. The Morgan fingerprint density at radius 2 is 1.40 bits per heavy atom. The Morgan fingerprint density at radius 1 is 0.719 bits per heavy atom. The summed E-state index contributed by atoms with van der Waals surface area (Å²) in [5.41, 5.74) is 5.89. The molecule has 0 aliphatic carbocycles. The Hall–Kier alpha value is -6.50. The molecule has 9 heteroatoms. The van der Waals surface area contributed by atoms with E-state index in [-0.39, 0.29) is 34.9 Å². The van der Waals surface area contributed by atoms with Crippen molar-refractivity contribution in [3.63, 3.8) is 0 Å². The molecule has 7 nitrogen and oxygen atoms in total. The molecule has 0 N–H and O–H groups in total. The Kier molecular flexibility index (Phi) is 6.53. The maximum absolute atomic E-state index is 9.04. The van der Waals surface area contributed by atoms with E-state index in [9.17, 15) is 0 Å². The van der Waals surface area contributed by atoms with Crippen molar-refractivity contribution >= 4 is 29.5 Å². The summed E-state index contributed by atoms with van der Waals surface area (Å²) in [4.78, 5) is 6.87. The van der Waals surface area contributed by atoms with Crippen molar-refractivity contribution in [1.82, 2.24) is 23.8 Å². The fourth-order valence-corrected chi connectivity index (χ4v) is 8.55. The SMILES string of the molecule is [2H]c1c([2H])c([2H])c(-c2cccc(-c3c([2H])c([2H])c([2H])c([2H])c3[2H])c2-n2[c](=[Pt])n(-c3[c-]c(Oc4[c-]c5c(cc4)-c4ccnn4B(CC)N5c4cc(C)ccn4)ccc3)c3ccccc32)c([2H])c1[2H]. The van der Waals surface area contributed by atoms with Gasteiger partial charge in [-0.3, -0.25) is 0 Å². The number of anilines is 2. The molecule has 1 aliphatic rings. The number of aromatic nitrogens is 5. The molecule has 0 amide bonds. The Balaban J connectivity index is 1.16. The number of para-hydroxylation sites is 3. The molecule has 3 aromatic heterocycles. The van der Waals surface area contributed by atoms with Gasteiger partial charge in [-0.25, -0.2) is 0 Å². The van der Waals surface area contributed by atoms with Gasteiger partial charge in [0, 0.05) is 12.4 Å². The number of aryl methyl sites for hydroxylation is 1. The van der Waals surface area contributed by atoms with Gasteiger partial charge in [0.2, 0.25) is 0 Å². The van der Waals surface area contributed by atoms with Crippen LogP contribution < -0.4 is 9.55 Å². The molecule has 0 saturated carbocycles. The van der Waals surface area contributed by atoms with Crippen LogP contribution in [0.25, 0.3) is 55.9 Å². The van der Waals surface area contributed by atoms with E-state index >= 15 is 0 Å². The summed E-state index contributed by atoms with van der Waals surface area (Å²) in [6.07, 6.45) is 4.32. The van der Waals surface area contributed by atoms with E-state index in [1.807, 2.05) is 87.4 Å². The Bertz CT molecular complexity index is 3450. The van der Waals surface area contributed by atoms with Gasteiger partial charge in [0.1, 0.15) is 0 Å². The fraction of sp³-hybridized carbons (Fsp3) is 0.0625. The van der Waals surface area contributed by atoms with E-state index in [1.165, 1.54) is 0 Å². The van der Waals surface area contributed by atoms with Crippen molar-refractivity contribution in [3.8, 4) is 56.4 Å². The molecule has 4 heterocycles. The summed E-state index contributed by atoms with van der Waals surface area (Å²) in [5, 5.41) is 4.68. The van der Waals surface area contributed by atoms with Crippen LogP contribution in [0.1, 0.15) is 26.2 Å². The van der Waals surface area contributed by atoms with Gasteiger partial charge >= 0.3 is 315 Å². The zero-order valence-corrected chi connectivity index (χ0v) is 32.8. The van der Waals surface area contributed by atoms with Crippen LogP contribution >= 0.6 is 0 Å². The molecule has 1 aliphatic heterocycles. The molecule has 0 bridgehead atoms. The van der Waals surface area contributed by atoms with Gasteiger partial charge in [0.05, 0.1) is 0 Å².